The van der Waals surface area contributed by atoms with Crippen LogP contribution in [-0.2, 0) is 0 Å². The van der Waals surface area contributed by atoms with Crippen LogP contribution in [0.25, 0.3) is 28.0 Å². The highest BCUT2D eigenvalue weighted by molar-refractivity contribution is 7.99. The molecule has 1 saturated heterocycles. The number of halogens is 1. The molecule has 3 aromatic rings. The van der Waals surface area contributed by atoms with Crippen molar-refractivity contribution in [3.8, 4) is 22.4 Å². The van der Waals surface area contributed by atoms with Gasteiger partial charge in [0.25, 0.3) is 0 Å². The molecular weight excluding hydrogens is 393 g/mol. The molecule has 2 aromatic heterocycles. The Labute approximate surface area is 181 Å². The van der Waals surface area contributed by atoms with Crippen LogP contribution in [0.1, 0.15) is 25.3 Å². The Morgan fingerprint density at radius 2 is 1.93 bits per heavy atom. The number of pyridine rings is 1. The van der Waals surface area contributed by atoms with Gasteiger partial charge in [-0.25, -0.2) is 4.39 Å². The molecule has 154 valence electrons. The molecular formula is C25H26FN3S. The number of aromatic amines is 1. The van der Waals surface area contributed by atoms with Gasteiger partial charge in [0.2, 0.25) is 0 Å². The van der Waals surface area contributed by atoms with Gasteiger partial charge in [-0.05, 0) is 71.7 Å². The van der Waals surface area contributed by atoms with E-state index in [1.165, 1.54) is 47.6 Å². The third kappa shape index (κ3) is 3.72. The first-order valence-electron chi connectivity index (χ1n) is 10.7. The Morgan fingerprint density at radius 1 is 1.13 bits per heavy atom. The normalized spacial score (nSPS) is 21.5. The predicted molar refractivity (Wildman–Crippen MR) is 124 cm³/mol. The largest absolute Gasteiger partial charge is 0.360 e. The molecule has 4 heterocycles. The molecule has 5 rings (SSSR count). The third-order valence-electron chi connectivity index (χ3n) is 6.20. The number of hydrogen-bond acceptors (Lipinski definition) is 3. The number of thioether (sulfide) groups is 1. The number of hydrogen-bond donors (Lipinski definition) is 1. The minimum absolute atomic E-state index is 0.216. The van der Waals surface area contributed by atoms with E-state index < -0.39 is 0 Å². The van der Waals surface area contributed by atoms with Gasteiger partial charge in [0, 0.05) is 54.1 Å². The zero-order valence-electron chi connectivity index (χ0n) is 17.1. The molecule has 2 aliphatic heterocycles. The van der Waals surface area contributed by atoms with E-state index in [2.05, 4.69) is 58.0 Å². The number of H-pyrrole nitrogens is 1. The third-order valence-corrected chi connectivity index (χ3v) is 7.35. The van der Waals surface area contributed by atoms with E-state index in [0.29, 0.717) is 6.04 Å². The van der Waals surface area contributed by atoms with Crippen LogP contribution in [0.5, 0.6) is 0 Å². The summed E-state index contributed by atoms with van der Waals surface area (Å²) in [6.45, 7) is 4.57. The molecule has 0 bridgehead atoms. The summed E-state index contributed by atoms with van der Waals surface area (Å²) in [5.74, 6) is 0.971. The number of benzene rings is 1. The minimum atomic E-state index is -0.216. The van der Waals surface area contributed by atoms with Crippen molar-refractivity contribution >= 4 is 17.3 Å². The fourth-order valence-electron chi connectivity index (χ4n) is 4.82. The summed E-state index contributed by atoms with van der Waals surface area (Å²) in [5.41, 5.74) is 7.01. The molecule has 1 N–H and O–H groups in total. The van der Waals surface area contributed by atoms with Crippen LogP contribution in [0.4, 0.5) is 4.39 Å². The van der Waals surface area contributed by atoms with E-state index in [1.54, 1.807) is 0 Å². The highest BCUT2D eigenvalue weighted by Crippen LogP contribution is 2.41. The van der Waals surface area contributed by atoms with Gasteiger partial charge >= 0.3 is 0 Å². The zero-order valence-corrected chi connectivity index (χ0v) is 18.0. The summed E-state index contributed by atoms with van der Waals surface area (Å²) >= 11 is 2.09. The van der Waals surface area contributed by atoms with Gasteiger partial charge in [-0.15, -0.1) is 0 Å². The first kappa shape index (κ1) is 19.6. The summed E-state index contributed by atoms with van der Waals surface area (Å²) in [6, 6.07) is 11.4. The first-order chi connectivity index (χ1) is 14.7. The number of nitrogens with one attached hydrogen (secondary N) is 1. The molecule has 0 amide bonds. The van der Waals surface area contributed by atoms with Crippen LogP contribution < -0.4 is 0 Å². The molecule has 0 spiro atoms. The average Bonchev–Trinajstić information content (AvgIpc) is 3.38. The number of nitrogens with zero attached hydrogens (tertiary/aromatic N) is 2. The molecule has 2 atom stereocenters. The topological polar surface area (TPSA) is 31.9 Å². The summed E-state index contributed by atoms with van der Waals surface area (Å²) in [5, 5.41) is 0.747. The van der Waals surface area contributed by atoms with Gasteiger partial charge in [0.1, 0.15) is 5.82 Å². The van der Waals surface area contributed by atoms with Crippen LogP contribution in [0.15, 0.2) is 61.1 Å². The van der Waals surface area contributed by atoms with Crippen molar-refractivity contribution in [2.75, 3.05) is 18.8 Å². The van der Waals surface area contributed by atoms with E-state index in [1.807, 2.05) is 24.5 Å². The smallest absolute Gasteiger partial charge is 0.123 e. The molecule has 5 heteroatoms. The van der Waals surface area contributed by atoms with Gasteiger partial charge in [-0.3, -0.25) is 9.88 Å². The number of aromatic nitrogens is 2. The highest BCUT2D eigenvalue weighted by atomic mass is 32.2. The molecule has 0 radical (unpaired) electrons. The Balaban J connectivity index is 1.56. The lowest BCUT2D eigenvalue weighted by molar-refractivity contribution is 0.288. The molecule has 1 aromatic carbocycles. The summed E-state index contributed by atoms with van der Waals surface area (Å²) < 4.78 is 13.5. The van der Waals surface area contributed by atoms with Gasteiger partial charge in [0.15, 0.2) is 0 Å². The minimum Gasteiger partial charge on any atom is -0.360 e. The van der Waals surface area contributed by atoms with Crippen LogP contribution in [-0.4, -0.2) is 45.0 Å². The monoisotopic (exact) mass is 419 g/mol. The first-order valence-corrected chi connectivity index (χ1v) is 11.7. The van der Waals surface area contributed by atoms with E-state index in [0.717, 1.165) is 35.0 Å². The molecule has 2 unspecified atom stereocenters. The SMILES string of the molecule is CCSC1CC2C=C(c3c[nH]c(-c4ccc(F)cc4)c3-c3ccncc3)CCN2C1. The van der Waals surface area contributed by atoms with Crippen molar-refractivity contribution in [2.24, 2.45) is 0 Å². The lowest BCUT2D eigenvalue weighted by Gasteiger charge is -2.28. The molecule has 2 aliphatic rings. The molecule has 30 heavy (non-hydrogen) atoms. The van der Waals surface area contributed by atoms with Crippen LogP contribution >= 0.6 is 11.8 Å². The maximum absolute atomic E-state index is 13.5. The highest BCUT2D eigenvalue weighted by Gasteiger charge is 2.34. The van der Waals surface area contributed by atoms with Crippen molar-refractivity contribution in [3.05, 3.63) is 72.4 Å². The molecule has 0 saturated carbocycles. The van der Waals surface area contributed by atoms with E-state index in [-0.39, 0.29) is 5.82 Å². The van der Waals surface area contributed by atoms with E-state index in [9.17, 15) is 4.39 Å². The summed E-state index contributed by atoms with van der Waals surface area (Å²) in [4.78, 5) is 10.3. The lowest BCUT2D eigenvalue weighted by Crippen LogP contribution is -2.32. The predicted octanol–water partition coefficient (Wildman–Crippen LogP) is 5.87. The zero-order chi connectivity index (χ0) is 20.5. The van der Waals surface area contributed by atoms with E-state index in [4.69, 9.17) is 0 Å². The maximum atomic E-state index is 13.5. The Kier molecular flexibility index (Phi) is 5.48. The van der Waals surface area contributed by atoms with Crippen molar-refractivity contribution in [2.45, 2.75) is 31.1 Å². The van der Waals surface area contributed by atoms with Crippen LogP contribution in [0.2, 0.25) is 0 Å². The Morgan fingerprint density at radius 3 is 2.70 bits per heavy atom. The Bertz CT molecular complexity index is 1040. The van der Waals surface area contributed by atoms with Crippen molar-refractivity contribution in [3.63, 3.8) is 0 Å². The second-order valence-electron chi connectivity index (χ2n) is 8.01. The average molecular weight is 420 g/mol. The number of fused-ring (bicyclic) bond motifs is 1. The van der Waals surface area contributed by atoms with Crippen LogP contribution in [0, 0.1) is 5.82 Å². The molecule has 0 aliphatic carbocycles. The fourth-order valence-corrected chi connectivity index (χ4v) is 5.92. The lowest BCUT2D eigenvalue weighted by atomic mass is 9.90. The van der Waals surface area contributed by atoms with Crippen molar-refractivity contribution in [1.29, 1.82) is 0 Å². The summed E-state index contributed by atoms with van der Waals surface area (Å²) in [7, 11) is 0. The van der Waals surface area contributed by atoms with Gasteiger partial charge < -0.3 is 4.98 Å². The maximum Gasteiger partial charge on any atom is 0.123 e. The number of rotatable bonds is 5. The van der Waals surface area contributed by atoms with Crippen molar-refractivity contribution < 1.29 is 4.39 Å². The van der Waals surface area contributed by atoms with Gasteiger partial charge in [-0.2, -0.15) is 11.8 Å². The second kappa shape index (κ2) is 8.40. The van der Waals surface area contributed by atoms with Crippen LogP contribution in [0.3, 0.4) is 0 Å². The van der Waals surface area contributed by atoms with Gasteiger partial charge in [-0.1, -0.05) is 13.0 Å². The quantitative estimate of drug-likeness (QED) is 0.562. The molecule has 3 nitrogen and oxygen atoms in total. The Hall–Kier alpha value is -2.37. The fraction of sp³-hybridized carbons (Fsp3) is 0.320. The molecule has 1 fully saturated rings. The standard InChI is InChI=1S/C25H26FN3S/c1-2-30-22-14-21-13-19(9-12-29(21)16-22)23-15-28-25(18-3-5-20(26)6-4-18)24(23)17-7-10-27-11-8-17/h3-8,10-11,13,15,21-22,28H,2,9,12,14,16H2,1H3. The van der Waals surface area contributed by atoms with Crippen molar-refractivity contribution in [1.82, 2.24) is 14.9 Å². The van der Waals surface area contributed by atoms with E-state index >= 15 is 0 Å². The summed E-state index contributed by atoms with van der Waals surface area (Å²) in [6.07, 6.45) is 10.6. The van der Waals surface area contributed by atoms with Gasteiger partial charge in [0.05, 0.1) is 5.69 Å². The second-order valence-corrected chi connectivity index (χ2v) is 9.59.